The highest BCUT2D eigenvalue weighted by atomic mass is 32.2. The maximum absolute atomic E-state index is 5.10. The van der Waals surface area contributed by atoms with Gasteiger partial charge in [0.15, 0.2) is 0 Å². The number of nitrogens with one attached hydrogen (secondary N) is 2. The molecular formula is C28H20N4S4. The molecule has 6 atom stereocenters. The van der Waals surface area contributed by atoms with Crippen LogP contribution in [0.3, 0.4) is 0 Å². The first-order chi connectivity index (χ1) is 17.7. The Hall–Kier alpha value is -2.00. The third-order valence-corrected chi connectivity index (χ3v) is 14.2. The average Bonchev–Trinajstić information content (AvgIpc) is 3.73. The number of benzene rings is 1. The van der Waals surface area contributed by atoms with Crippen LogP contribution in [0.4, 0.5) is 11.4 Å². The lowest BCUT2D eigenvalue weighted by molar-refractivity contribution is 0.484. The van der Waals surface area contributed by atoms with Gasteiger partial charge >= 0.3 is 0 Å². The molecule has 0 saturated heterocycles. The van der Waals surface area contributed by atoms with E-state index in [4.69, 9.17) is 9.97 Å². The molecule has 8 heteroatoms. The van der Waals surface area contributed by atoms with Crippen molar-refractivity contribution in [2.45, 2.75) is 34.7 Å². The Morgan fingerprint density at radius 3 is 1.72 bits per heavy atom. The summed E-state index contributed by atoms with van der Waals surface area (Å²) >= 11 is 7.27. The van der Waals surface area contributed by atoms with Crippen LogP contribution in [0, 0.1) is 23.7 Å². The van der Waals surface area contributed by atoms with E-state index in [1.165, 1.54) is 53.9 Å². The van der Waals surface area contributed by atoms with Gasteiger partial charge in [-0.15, -0.1) is 0 Å². The van der Waals surface area contributed by atoms with Gasteiger partial charge in [-0.05, 0) is 59.8 Å². The molecule has 1 fully saturated rings. The van der Waals surface area contributed by atoms with Crippen molar-refractivity contribution in [2.24, 2.45) is 23.7 Å². The van der Waals surface area contributed by atoms with Crippen LogP contribution in [0.2, 0.25) is 0 Å². The first-order valence-electron chi connectivity index (χ1n) is 12.6. The lowest BCUT2D eigenvalue weighted by atomic mass is 9.81. The fourth-order valence-electron chi connectivity index (χ4n) is 7.25. The second kappa shape index (κ2) is 6.90. The molecule has 8 aliphatic rings. The Morgan fingerprint density at radius 1 is 0.639 bits per heavy atom. The fourth-order valence-corrected chi connectivity index (χ4v) is 12.3. The predicted octanol–water partition coefficient (Wildman–Crippen LogP) is 6.10. The maximum atomic E-state index is 5.10. The third kappa shape index (κ3) is 2.64. The molecule has 1 saturated carbocycles. The first kappa shape index (κ1) is 20.0. The van der Waals surface area contributed by atoms with Gasteiger partial charge in [0, 0.05) is 11.8 Å². The summed E-state index contributed by atoms with van der Waals surface area (Å²) in [4.78, 5) is 10.2. The Labute approximate surface area is 225 Å². The second-order valence-electron chi connectivity index (χ2n) is 10.8. The van der Waals surface area contributed by atoms with Gasteiger partial charge in [-0.3, -0.25) is 0 Å². The van der Waals surface area contributed by atoms with Crippen molar-refractivity contribution in [3.63, 3.8) is 0 Å². The molecule has 10 rings (SSSR count). The fraction of sp³-hybridized carbons (Fsp3) is 0.286. The zero-order chi connectivity index (χ0) is 23.1. The number of allylic oxidation sites excluding steroid dienone is 4. The maximum Gasteiger partial charge on any atom is 0.135 e. The zero-order valence-corrected chi connectivity index (χ0v) is 22.3. The summed E-state index contributed by atoms with van der Waals surface area (Å²) in [5.74, 6) is 3.82. The minimum atomic E-state index is 0.604. The molecule has 1 aromatic heterocycles. The van der Waals surface area contributed by atoms with Crippen molar-refractivity contribution in [1.29, 1.82) is 0 Å². The minimum Gasteiger partial charge on any atom is -0.346 e. The molecule has 0 amide bonds. The molecule has 3 aliphatic heterocycles. The number of hydrogen-bond donors (Lipinski definition) is 2. The molecule has 6 unspecified atom stereocenters. The number of hydrogen-bond acceptors (Lipinski definition) is 8. The van der Waals surface area contributed by atoms with Crippen molar-refractivity contribution >= 4 is 70.6 Å². The molecule has 4 nitrogen and oxygen atoms in total. The first-order valence-corrected chi connectivity index (χ1v) is 15.9. The van der Waals surface area contributed by atoms with Crippen molar-refractivity contribution in [2.75, 3.05) is 10.6 Å². The van der Waals surface area contributed by atoms with Gasteiger partial charge in [0.1, 0.15) is 20.1 Å². The van der Waals surface area contributed by atoms with Gasteiger partial charge in [-0.25, -0.2) is 9.97 Å². The normalized spacial score (nSPS) is 34.4. The monoisotopic (exact) mass is 540 g/mol. The van der Waals surface area contributed by atoms with E-state index in [9.17, 15) is 0 Å². The van der Waals surface area contributed by atoms with Gasteiger partial charge in [0.2, 0.25) is 0 Å². The summed E-state index contributed by atoms with van der Waals surface area (Å²) in [7, 11) is 0. The van der Waals surface area contributed by atoms with Crippen LogP contribution >= 0.6 is 47.0 Å². The lowest BCUT2D eigenvalue weighted by Gasteiger charge is -2.24. The van der Waals surface area contributed by atoms with Gasteiger partial charge in [0.25, 0.3) is 0 Å². The Morgan fingerprint density at radius 2 is 1.17 bits per heavy atom. The highest BCUT2D eigenvalue weighted by molar-refractivity contribution is 8.32. The van der Waals surface area contributed by atoms with Gasteiger partial charge in [-0.2, -0.15) is 0 Å². The van der Waals surface area contributed by atoms with Gasteiger partial charge in [0.05, 0.1) is 30.5 Å². The van der Waals surface area contributed by atoms with E-state index >= 15 is 0 Å². The van der Waals surface area contributed by atoms with Gasteiger partial charge < -0.3 is 10.6 Å². The standard InChI is InChI=1S/C28H20N4S4/c1-2-12-5-11(1)15-7-19-20(8-16(12)15)30-24-23(29-19)33-27(34-24)28-35-25-26(36-28)32-22-10-18-14-4-3-13(6-14)17(18)9-21(22)31-25/h1-4,7-16,31-32H,5-6H2. The summed E-state index contributed by atoms with van der Waals surface area (Å²) in [6.07, 6.45) is 17.0. The number of rotatable bonds is 0. The number of nitrogens with zero attached hydrogens (tertiary/aromatic N) is 2. The van der Waals surface area contributed by atoms with Crippen LogP contribution in [-0.2, 0) is 0 Å². The van der Waals surface area contributed by atoms with Crippen LogP contribution < -0.4 is 21.3 Å². The molecule has 0 radical (unpaired) electrons. The average molecular weight is 541 g/mol. The van der Waals surface area contributed by atoms with E-state index < -0.39 is 0 Å². The van der Waals surface area contributed by atoms with Crippen LogP contribution in [0.5, 0.6) is 0 Å². The summed E-state index contributed by atoms with van der Waals surface area (Å²) in [5, 5.41) is 14.2. The van der Waals surface area contributed by atoms with E-state index in [0.717, 1.165) is 20.8 Å². The Balaban J connectivity index is 0.952. The van der Waals surface area contributed by atoms with E-state index in [1.807, 2.05) is 23.5 Å². The minimum absolute atomic E-state index is 0.604. The smallest absolute Gasteiger partial charge is 0.135 e. The molecule has 1 aromatic carbocycles. The molecule has 2 N–H and O–H groups in total. The van der Waals surface area contributed by atoms with Crippen molar-refractivity contribution in [3.05, 3.63) is 76.8 Å². The molecular weight excluding hydrogens is 521 g/mol. The SMILES string of the molecule is C1=CC2CC1c1cc3c(cc12)NC1=C(N3)SC(=C2Sc3nc4c(nc3S2)=CC2C3C=CC(C3)C2C=4)S1. The Bertz CT molecular complexity index is 1590. The predicted molar refractivity (Wildman–Crippen MR) is 152 cm³/mol. The summed E-state index contributed by atoms with van der Waals surface area (Å²) in [6, 6.07) is 4.76. The molecule has 176 valence electrons. The number of fused-ring (bicyclic) bond motifs is 13. The molecule has 0 spiro atoms. The van der Waals surface area contributed by atoms with Crippen LogP contribution in [-0.4, -0.2) is 9.97 Å². The largest absolute Gasteiger partial charge is 0.346 e. The Kier molecular flexibility index (Phi) is 3.84. The summed E-state index contributed by atoms with van der Waals surface area (Å²) in [5.41, 5.74) is 5.43. The molecule has 4 bridgehead atoms. The van der Waals surface area contributed by atoms with Gasteiger partial charge in [-0.1, -0.05) is 83.5 Å². The van der Waals surface area contributed by atoms with Crippen LogP contribution in [0.1, 0.15) is 35.8 Å². The molecule has 2 aromatic rings. The van der Waals surface area contributed by atoms with E-state index in [-0.39, 0.29) is 0 Å². The summed E-state index contributed by atoms with van der Waals surface area (Å²) < 4.78 is 2.62. The molecule has 5 aliphatic carbocycles. The van der Waals surface area contributed by atoms with E-state index in [1.54, 1.807) is 23.5 Å². The topological polar surface area (TPSA) is 49.8 Å². The zero-order valence-electron chi connectivity index (χ0n) is 19.0. The second-order valence-corrected chi connectivity index (χ2v) is 15.3. The lowest BCUT2D eigenvalue weighted by Crippen LogP contribution is -2.39. The number of anilines is 2. The van der Waals surface area contributed by atoms with Crippen LogP contribution in [0.15, 0.2) is 65.0 Å². The molecule has 36 heavy (non-hydrogen) atoms. The number of thioether (sulfide) groups is 4. The summed E-state index contributed by atoms with van der Waals surface area (Å²) in [6.45, 7) is 0. The highest BCUT2D eigenvalue weighted by Crippen LogP contribution is 2.61. The van der Waals surface area contributed by atoms with E-state index in [2.05, 4.69) is 59.2 Å². The highest BCUT2D eigenvalue weighted by Gasteiger charge is 2.43. The van der Waals surface area contributed by atoms with E-state index in [0.29, 0.717) is 35.5 Å². The number of aromatic nitrogens is 2. The van der Waals surface area contributed by atoms with Crippen LogP contribution in [0.25, 0.3) is 12.2 Å². The van der Waals surface area contributed by atoms with Crippen molar-refractivity contribution in [1.82, 2.24) is 9.97 Å². The van der Waals surface area contributed by atoms with Crippen molar-refractivity contribution in [3.8, 4) is 0 Å². The quantitative estimate of drug-likeness (QED) is 0.389. The third-order valence-electron chi connectivity index (χ3n) is 8.92. The molecule has 4 heterocycles. The van der Waals surface area contributed by atoms with Crippen molar-refractivity contribution < 1.29 is 0 Å².